The molecule has 4 rings (SSSR count). The van der Waals surface area contributed by atoms with E-state index >= 15 is 0 Å². The molecule has 0 saturated carbocycles. The van der Waals surface area contributed by atoms with E-state index in [9.17, 15) is 4.79 Å². The van der Waals surface area contributed by atoms with Crippen LogP contribution in [0, 0.1) is 0 Å². The molecule has 0 radical (unpaired) electrons. The third kappa shape index (κ3) is 3.66. The Bertz CT molecular complexity index is 1180. The average Bonchev–Trinajstić information content (AvgIpc) is 3.40. The minimum atomic E-state index is -0.376. The summed E-state index contributed by atoms with van der Waals surface area (Å²) in [5, 5.41) is 10.2. The Labute approximate surface area is 178 Å². The second-order valence-corrected chi connectivity index (χ2v) is 7.80. The lowest BCUT2D eigenvalue weighted by atomic mass is 10.1. The molecular formula is C22H22N4O3S. The summed E-state index contributed by atoms with van der Waals surface area (Å²) in [4.78, 5) is 15.5. The zero-order chi connectivity index (χ0) is 21.1. The van der Waals surface area contributed by atoms with Crippen molar-refractivity contribution in [3.05, 3.63) is 54.7 Å². The number of hydrogen-bond donors (Lipinski definition) is 1. The summed E-state index contributed by atoms with van der Waals surface area (Å²) in [5.74, 6) is 1.13. The molecule has 0 spiro atoms. The number of aromatic amines is 1. The van der Waals surface area contributed by atoms with Crippen molar-refractivity contribution in [2.75, 3.05) is 14.2 Å². The molecule has 0 bridgehead atoms. The van der Waals surface area contributed by atoms with Gasteiger partial charge in [-0.2, -0.15) is 0 Å². The summed E-state index contributed by atoms with van der Waals surface area (Å²) >= 11 is 1.34. The lowest BCUT2D eigenvalue weighted by molar-refractivity contribution is -0.140. The third-order valence-corrected chi connectivity index (χ3v) is 6.14. The zero-order valence-corrected chi connectivity index (χ0v) is 17.8. The van der Waals surface area contributed by atoms with Gasteiger partial charge in [-0.25, -0.2) is 0 Å². The van der Waals surface area contributed by atoms with Crippen molar-refractivity contribution >= 4 is 28.6 Å². The monoisotopic (exact) mass is 422 g/mol. The maximum Gasteiger partial charge on any atom is 0.319 e. The van der Waals surface area contributed by atoms with Crippen LogP contribution in [-0.2, 0) is 9.53 Å². The van der Waals surface area contributed by atoms with Crippen molar-refractivity contribution in [3.8, 4) is 22.8 Å². The van der Waals surface area contributed by atoms with Gasteiger partial charge < -0.3 is 14.5 Å². The van der Waals surface area contributed by atoms with Gasteiger partial charge in [0.05, 0.1) is 19.9 Å². The molecule has 4 aromatic rings. The van der Waals surface area contributed by atoms with Gasteiger partial charge in [-0.3, -0.25) is 9.36 Å². The molecule has 8 heteroatoms. The number of nitrogens with one attached hydrogen (secondary N) is 1. The van der Waals surface area contributed by atoms with Gasteiger partial charge in [0.2, 0.25) is 0 Å². The third-order valence-electron chi connectivity index (χ3n) is 4.86. The van der Waals surface area contributed by atoms with Gasteiger partial charge in [0, 0.05) is 28.7 Å². The van der Waals surface area contributed by atoms with Gasteiger partial charge in [-0.05, 0) is 24.6 Å². The van der Waals surface area contributed by atoms with Gasteiger partial charge in [-0.15, -0.1) is 10.2 Å². The van der Waals surface area contributed by atoms with Gasteiger partial charge in [0.15, 0.2) is 11.0 Å². The second kappa shape index (κ2) is 8.62. The predicted octanol–water partition coefficient (Wildman–Crippen LogP) is 4.47. The van der Waals surface area contributed by atoms with E-state index in [4.69, 9.17) is 9.47 Å². The number of hydrogen-bond acceptors (Lipinski definition) is 6. The molecular weight excluding hydrogens is 400 g/mol. The molecule has 1 atom stereocenters. The Morgan fingerprint density at radius 2 is 2.00 bits per heavy atom. The maximum absolute atomic E-state index is 12.2. The first-order valence-corrected chi connectivity index (χ1v) is 10.4. The van der Waals surface area contributed by atoms with Crippen molar-refractivity contribution in [1.82, 2.24) is 19.7 Å². The number of carbonyl (C=O) groups excluding carboxylic acids is 1. The Hall–Kier alpha value is -3.26. The Kier molecular flexibility index (Phi) is 5.76. The number of benzene rings is 2. The fraction of sp³-hybridized carbons (Fsp3) is 0.227. The van der Waals surface area contributed by atoms with Crippen molar-refractivity contribution in [2.24, 2.45) is 0 Å². The summed E-state index contributed by atoms with van der Waals surface area (Å²) in [6.07, 6.45) is 2.54. The van der Waals surface area contributed by atoms with Crippen LogP contribution in [0.3, 0.4) is 0 Å². The van der Waals surface area contributed by atoms with E-state index in [1.54, 1.807) is 7.11 Å². The van der Waals surface area contributed by atoms with Crippen molar-refractivity contribution < 1.29 is 14.3 Å². The van der Waals surface area contributed by atoms with Crippen LogP contribution in [0.4, 0.5) is 0 Å². The molecule has 1 N–H and O–H groups in total. The van der Waals surface area contributed by atoms with Gasteiger partial charge in [0.1, 0.15) is 11.0 Å². The molecule has 0 amide bonds. The second-order valence-electron chi connectivity index (χ2n) is 6.63. The van der Waals surface area contributed by atoms with Crippen molar-refractivity contribution in [1.29, 1.82) is 0 Å². The van der Waals surface area contributed by atoms with Crippen LogP contribution in [-0.4, -0.2) is 45.2 Å². The van der Waals surface area contributed by atoms with Crippen LogP contribution < -0.4 is 4.74 Å². The zero-order valence-electron chi connectivity index (χ0n) is 17.0. The van der Waals surface area contributed by atoms with Gasteiger partial charge >= 0.3 is 5.97 Å². The van der Waals surface area contributed by atoms with E-state index in [-0.39, 0.29) is 11.2 Å². The molecule has 2 aromatic carbocycles. The standard InChI is InChI=1S/C22H22N4O3S/c1-4-19(21(27)29-3)30-22-25-24-20(17-13-23-18-11-6-5-10-16(17)18)26(22)14-8-7-9-15(12-14)28-2/h5-13,19,23H,4H2,1-3H3/t19-/m1/s1. The first-order chi connectivity index (χ1) is 14.7. The first-order valence-electron chi connectivity index (χ1n) is 9.57. The highest BCUT2D eigenvalue weighted by atomic mass is 32.2. The summed E-state index contributed by atoms with van der Waals surface area (Å²) in [7, 11) is 3.03. The minimum absolute atomic E-state index is 0.281. The highest BCUT2D eigenvalue weighted by Gasteiger charge is 2.25. The molecule has 0 aliphatic carbocycles. The molecule has 154 valence electrons. The van der Waals surface area contributed by atoms with Crippen molar-refractivity contribution in [3.63, 3.8) is 0 Å². The van der Waals surface area contributed by atoms with Crippen molar-refractivity contribution in [2.45, 2.75) is 23.8 Å². The van der Waals surface area contributed by atoms with Crippen LogP contribution in [0.15, 0.2) is 59.9 Å². The largest absolute Gasteiger partial charge is 0.497 e. The van der Waals surface area contributed by atoms with Crippen LogP contribution >= 0.6 is 11.8 Å². The van der Waals surface area contributed by atoms with Crippen LogP contribution in [0.25, 0.3) is 28.0 Å². The smallest absolute Gasteiger partial charge is 0.319 e. The number of rotatable bonds is 7. The first kappa shape index (κ1) is 20.0. The summed E-state index contributed by atoms with van der Waals surface area (Å²) in [6, 6.07) is 15.7. The number of ether oxygens (including phenoxy) is 2. The minimum Gasteiger partial charge on any atom is -0.497 e. The van der Waals surface area contributed by atoms with Gasteiger partial charge in [-0.1, -0.05) is 43.0 Å². The van der Waals surface area contributed by atoms with E-state index in [0.717, 1.165) is 27.9 Å². The Balaban J connectivity index is 1.88. The quantitative estimate of drug-likeness (QED) is 0.350. The number of esters is 1. The number of aromatic nitrogens is 4. The fourth-order valence-electron chi connectivity index (χ4n) is 3.32. The molecule has 0 unspecified atom stereocenters. The lowest BCUT2D eigenvalue weighted by Crippen LogP contribution is -2.18. The highest BCUT2D eigenvalue weighted by Crippen LogP contribution is 2.35. The van der Waals surface area contributed by atoms with Crippen LogP contribution in [0.2, 0.25) is 0 Å². The van der Waals surface area contributed by atoms with E-state index in [1.807, 2.05) is 66.2 Å². The molecule has 0 fully saturated rings. The van der Waals surface area contributed by atoms with Gasteiger partial charge in [0.25, 0.3) is 0 Å². The number of H-pyrrole nitrogens is 1. The molecule has 0 aliphatic rings. The van der Waals surface area contributed by atoms with E-state index in [2.05, 4.69) is 15.2 Å². The molecule has 2 aromatic heterocycles. The number of para-hydroxylation sites is 1. The molecule has 2 heterocycles. The molecule has 0 saturated heterocycles. The number of methoxy groups -OCH3 is 2. The number of fused-ring (bicyclic) bond motifs is 1. The van der Waals surface area contributed by atoms with E-state index in [1.165, 1.54) is 18.9 Å². The van der Waals surface area contributed by atoms with Crippen LogP contribution in [0.1, 0.15) is 13.3 Å². The summed E-state index contributed by atoms with van der Waals surface area (Å²) < 4.78 is 12.3. The Morgan fingerprint density at radius 1 is 1.17 bits per heavy atom. The summed E-state index contributed by atoms with van der Waals surface area (Å²) in [5.41, 5.74) is 2.80. The van der Waals surface area contributed by atoms with Crippen LogP contribution in [0.5, 0.6) is 5.75 Å². The highest BCUT2D eigenvalue weighted by molar-refractivity contribution is 8.00. The number of nitrogens with zero attached hydrogens (tertiary/aromatic N) is 3. The Morgan fingerprint density at radius 3 is 2.77 bits per heavy atom. The maximum atomic E-state index is 12.2. The topological polar surface area (TPSA) is 82.0 Å². The number of carbonyl (C=O) groups is 1. The SMILES string of the molecule is CC[C@@H](Sc1nnc(-c2c[nH]c3ccccc23)n1-c1cccc(OC)c1)C(=O)OC. The predicted molar refractivity (Wildman–Crippen MR) is 117 cm³/mol. The fourth-order valence-corrected chi connectivity index (χ4v) is 4.32. The summed E-state index contributed by atoms with van der Waals surface area (Å²) in [6.45, 7) is 1.95. The number of thioether (sulfide) groups is 1. The molecule has 7 nitrogen and oxygen atoms in total. The average molecular weight is 423 g/mol. The normalized spacial score (nSPS) is 12.1. The molecule has 0 aliphatic heterocycles. The molecule has 30 heavy (non-hydrogen) atoms. The lowest BCUT2D eigenvalue weighted by Gasteiger charge is -2.14. The van der Waals surface area contributed by atoms with E-state index < -0.39 is 0 Å². The van der Waals surface area contributed by atoms with E-state index in [0.29, 0.717) is 17.4 Å².